The van der Waals surface area contributed by atoms with E-state index in [0.29, 0.717) is 12.1 Å². The lowest BCUT2D eigenvalue weighted by Gasteiger charge is -2.52. The van der Waals surface area contributed by atoms with Crippen molar-refractivity contribution in [2.45, 2.75) is 52.7 Å². The Bertz CT molecular complexity index is 411. The standard InChI is InChI=1S/C14H25N3O/c1-6-10-11(9-17(5)16-10)15-12-8-13(18-7-2)14(12,3)4/h9,12-13,15H,6-8H2,1-5H3. The number of rotatable bonds is 5. The number of aromatic nitrogens is 2. The maximum Gasteiger partial charge on any atom is 0.0853 e. The Hall–Kier alpha value is -1.03. The van der Waals surface area contributed by atoms with Crippen molar-refractivity contribution in [1.29, 1.82) is 0 Å². The molecule has 1 aromatic rings. The molecule has 0 saturated heterocycles. The zero-order valence-electron chi connectivity index (χ0n) is 12.2. The minimum atomic E-state index is 0.191. The number of nitrogens with zero attached hydrogens (tertiary/aromatic N) is 2. The minimum Gasteiger partial charge on any atom is -0.379 e. The van der Waals surface area contributed by atoms with Crippen molar-refractivity contribution in [3.05, 3.63) is 11.9 Å². The van der Waals surface area contributed by atoms with Crippen LogP contribution >= 0.6 is 0 Å². The number of anilines is 1. The molecule has 0 amide bonds. The lowest BCUT2D eigenvalue weighted by atomic mass is 9.64. The molecule has 1 aliphatic rings. The van der Waals surface area contributed by atoms with Crippen LogP contribution in [0.3, 0.4) is 0 Å². The molecule has 1 aliphatic carbocycles. The average Bonchev–Trinajstić information content (AvgIpc) is 2.68. The predicted octanol–water partition coefficient (Wildman–Crippen LogP) is 2.60. The van der Waals surface area contributed by atoms with Crippen LogP contribution in [-0.4, -0.2) is 28.5 Å². The van der Waals surface area contributed by atoms with Gasteiger partial charge in [0.2, 0.25) is 0 Å². The highest BCUT2D eigenvalue weighted by atomic mass is 16.5. The van der Waals surface area contributed by atoms with E-state index in [2.05, 4.69) is 44.3 Å². The van der Waals surface area contributed by atoms with Gasteiger partial charge in [-0.2, -0.15) is 5.10 Å². The van der Waals surface area contributed by atoms with Crippen LogP contribution in [-0.2, 0) is 18.2 Å². The molecule has 2 unspecified atom stereocenters. The van der Waals surface area contributed by atoms with Crippen molar-refractivity contribution in [1.82, 2.24) is 9.78 Å². The van der Waals surface area contributed by atoms with Crippen LogP contribution in [0.15, 0.2) is 6.20 Å². The summed E-state index contributed by atoms with van der Waals surface area (Å²) in [6.45, 7) is 9.55. The zero-order chi connectivity index (χ0) is 13.3. The highest BCUT2D eigenvalue weighted by Crippen LogP contribution is 2.44. The van der Waals surface area contributed by atoms with Gasteiger partial charge in [-0.15, -0.1) is 0 Å². The van der Waals surface area contributed by atoms with Crippen LogP contribution in [0.4, 0.5) is 5.69 Å². The van der Waals surface area contributed by atoms with Crippen molar-refractivity contribution in [3.8, 4) is 0 Å². The second-order valence-corrected chi connectivity index (χ2v) is 5.71. The first-order valence-electron chi connectivity index (χ1n) is 6.89. The van der Waals surface area contributed by atoms with Gasteiger partial charge in [0, 0.05) is 31.3 Å². The van der Waals surface area contributed by atoms with Gasteiger partial charge in [0.1, 0.15) is 0 Å². The highest BCUT2D eigenvalue weighted by Gasteiger charge is 2.49. The van der Waals surface area contributed by atoms with E-state index in [4.69, 9.17) is 4.74 Å². The molecule has 2 rings (SSSR count). The Morgan fingerprint density at radius 1 is 1.50 bits per heavy atom. The van der Waals surface area contributed by atoms with Crippen LogP contribution in [0.2, 0.25) is 0 Å². The third-order valence-electron chi connectivity index (χ3n) is 4.12. The number of hydrogen-bond donors (Lipinski definition) is 1. The molecule has 4 nitrogen and oxygen atoms in total. The van der Waals surface area contributed by atoms with E-state index in [1.165, 1.54) is 5.69 Å². The molecule has 102 valence electrons. The van der Waals surface area contributed by atoms with Gasteiger partial charge in [0.05, 0.1) is 17.5 Å². The number of ether oxygens (including phenoxy) is 1. The van der Waals surface area contributed by atoms with Gasteiger partial charge < -0.3 is 10.1 Å². The van der Waals surface area contributed by atoms with Crippen molar-refractivity contribution in [2.24, 2.45) is 12.5 Å². The molecular weight excluding hydrogens is 226 g/mol. The summed E-state index contributed by atoms with van der Waals surface area (Å²) in [5.74, 6) is 0. The summed E-state index contributed by atoms with van der Waals surface area (Å²) in [5, 5.41) is 8.10. The summed E-state index contributed by atoms with van der Waals surface area (Å²) >= 11 is 0. The molecule has 18 heavy (non-hydrogen) atoms. The van der Waals surface area contributed by atoms with Crippen LogP contribution in [0.25, 0.3) is 0 Å². The van der Waals surface area contributed by atoms with Gasteiger partial charge in [-0.05, 0) is 19.8 Å². The minimum absolute atomic E-state index is 0.191. The number of aryl methyl sites for hydroxylation is 2. The molecule has 1 heterocycles. The fourth-order valence-corrected chi connectivity index (χ4v) is 2.72. The maximum atomic E-state index is 5.76. The third-order valence-corrected chi connectivity index (χ3v) is 4.12. The molecule has 0 aliphatic heterocycles. The normalized spacial score (nSPS) is 25.8. The summed E-state index contributed by atoms with van der Waals surface area (Å²) < 4.78 is 7.64. The molecule has 1 fully saturated rings. The van der Waals surface area contributed by atoms with Crippen LogP contribution in [0.5, 0.6) is 0 Å². The Morgan fingerprint density at radius 3 is 2.78 bits per heavy atom. The first kappa shape index (κ1) is 13.4. The van der Waals surface area contributed by atoms with Crippen LogP contribution < -0.4 is 5.32 Å². The quantitative estimate of drug-likeness (QED) is 0.874. The van der Waals surface area contributed by atoms with Gasteiger partial charge in [-0.1, -0.05) is 20.8 Å². The molecule has 1 N–H and O–H groups in total. The predicted molar refractivity (Wildman–Crippen MR) is 73.8 cm³/mol. The van der Waals surface area contributed by atoms with E-state index >= 15 is 0 Å². The van der Waals surface area contributed by atoms with Gasteiger partial charge in [0.15, 0.2) is 0 Å². The number of nitrogens with one attached hydrogen (secondary N) is 1. The Kier molecular flexibility index (Phi) is 3.66. The Labute approximate surface area is 110 Å². The van der Waals surface area contributed by atoms with Crippen molar-refractivity contribution in [3.63, 3.8) is 0 Å². The zero-order valence-corrected chi connectivity index (χ0v) is 12.2. The summed E-state index contributed by atoms with van der Waals surface area (Å²) in [5.41, 5.74) is 2.51. The molecule has 0 spiro atoms. The van der Waals surface area contributed by atoms with Gasteiger partial charge in [-0.25, -0.2) is 0 Å². The summed E-state index contributed by atoms with van der Waals surface area (Å²) in [6.07, 6.45) is 4.49. The van der Waals surface area contributed by atoms with Crippen molar-refractivity contribution >= 4 is 5.69 Å². The Balaban J connectivity index is 2.03. The molecule has 0 aromatic carbocycles. The largest absolute Gasteiger partial charge is 0.379 e. The molecule has 1 saturated carbocycles. The molecule has 2 atom stereocenters. The summed E-state index contributed by atoms with van der Waals surface area (Å²) in [7, 11) is 1.97. The van der Waals surface area contributed by atoms with Crippen molar-refractivity contribution < 1.29 is 4.74 Å². The van der Waals surface area contributed by atoms with E-state index in [1.54, 1.807) is 0 Å². The second kappa shape index (κ2) is 4.92. The molecule has 4 heteroatoms. The van der Waals surface area contributed by atoms with Crippen molar-refractivity contribution in [2.75, 3.05) is 11.9 Å². The van der Waals surface area contributed by atoms with Gasteiger partial charge in [-0.3, -0.25) is 4.68 Å². The Morgan fingerprint density at radius 2 is 2.22 bits per heavy atom. The maximum absolute atomic E-state index is 5.76. The fourth-order valence-electron chi connectivity index (χ4n) is 2.72. The summed E-state index contributed by atoms with van der Waals surface area (Å²) in [4.78, 5) is 0. The van der Waals surface area contributed by atoms with Crippen LogP contribution in [0.1, 0.15) is 39.8 Å². The van der Waals surface area contributed by atoms with Crippen LogP contribution in [0, 0.1) is 5.41 Å². The molecular formula is C14H25N3O. The number of hydrogen-bond acceptors (Lipinski definition) is 3. The molecule has 0 radical (unpaired) electrons. The topological polar surface area (TPSA) is 39.1 Å². The smallest absolute Gasteiger partial charge is 0.0853 e. The first-order chi connectivity index (χ1) is 8.48. The highest BCUT2D eigenvalue weighted by molar-refractivity contribution is 5.48. The SMILES string of the molecule is CCOC1CC(Nc2cn(C)nc2CC)C1(C)C. The van der Waals surface area contributed by atoms with E-state index in [9.17, 15) is 0 Å². The van der Waals surface area contributed by atoms with E-state index < -0.39 is 0 Å². The fraction of sp³-hybridized carbons (Fsp3) is 0.786. The lowest BCUT2D eigenvalue weighted by Crippen LogP contribution is -2.58. The monoisotopic (exact) mass is 251 g/mol. The van der Waals surface area contributed by atoms with E-state index in [1.807, 2.05) is 11.7 Å². The lowest BCUT2D eigenvalue weighted by molar-refractivity contribution is -0.0976. The molecule has 1 aromatic heterocycles. The summed E-state index contributed by atoms with van der Waals surface area (Å²) in [6, 6.07) is 0.476. The molecule has 0 bridgehead atoms. The third kappa shape index (κ3) is 2.26. The van der Waals surface area contributed by atoms with E-state index in [-0.39, 0.29) is 5.41 Å². The van der Waals surface area contributed by atoms with Gasteiger partial charge in [0.25, 0.3) is 0 Å². The van der Waals surface area contributed by atoms with Gasteiger partial charge >= 0.3 is 0 Å². The second-order valence-electron chi connectivity index (χ2n) is 5.71. The first-order valence-corrected chi connectivity index (χ1v) is 6.89. The average molecular weight is 251 g/mol. The van der Waals surface area contributed by atoms with E-state index in [0.717, 1.165) is 25.1 Å².